The molecule has 1 fully saturated rings. The zero-order valence-electron chi connectivity index (χ0n) is 14.9. The summed E-state index contributed by atoms with van der Waals surface area (Å²) in [5.74, 6) is 0. The van der Waals surface area contributed by atoms with Crippen LogP contribution in [0.1, 0.15) is 16.7 Å². The van der Waals surface area contributed by atoms with Crippen LogP contribution in [0.4, 0.5) is 10.5 Å². The third-order valence-corrected chi connectivity index (χ3v) is 4.77. The van der Waals surface area contributed by atoms with Gasteiger partial charge in [-0.3, -0.25) is 0 Å². The van der Waals surface area contributed by atoms with Crippen molar-refractivity contribution in [1.29, 1.82) is 0 Å². The molecule has 1 saturated heterocycles. The number of benzene rings is 2. The summed E-state index contributed by atoms with van der Waals surface area (Å²) in [4.78, 5) is 16.6. The Kier molecular flexibility index (Phi) is 6.71. The molecule has 0 aliphatic carbocycles. The molecule has 5 heteroatoms. The lowest BCUT2D eigenvalue weighted by Gasteiger charge is -2.37. The first-order valence-electron chi connectivity index (χ1n) is 8.53. The molecule has 1 aliphatic rings. The van der Waals surface area contributed by atoms with E-state index in [4.69, 9.17) is 0 Å². The number of hydrogen-bond donors (Lipinski definition) is 1. The highest BCUT2D eigenvalue weighted by Gasteiger charge is 2.22. The van der Waals surface area contributed by atoms with Gasteiger partial charge in [0, 0.05) is 38.4 Å². The van der Waals surface area contributed by atoms with Gasteiger partial charge in [-0.25, -0.2) is 4.79 Å². The zero-order chi connectivity index (χ0) is 16.9. The van der Waals surface area contributed by atoms with E-state index in [1.165, 1.54) is 16.8 Å². The Bertz CT molecular complexity index is 697. The lowest BCUT2D eigenvalue weighted by molar-refractivity contribution is 0.194. The Morgan fingerprint density at radius 3 is 2.32 bits per heavy atom. The number of nitrogens with zero attached hydrogens (tertiary/aromatic N) is 2. The number of nitrogens with one attached hydrogen (secondary N) is 1. The molecule has 134 valence electrons. The lowest BCUT2D eigenvalue weighted by atomic mass is 10.1. The van der Waals surface area contributed by atoms with Gasteiger partial charge in [0.1, 0.15) is 0 Å². The fourth-order valence-electron chi connectivity index (χ4n) is 3.11. The second-order valence-corrected chi connectivity index (χ2v) is 6.34. The third kappa shape index (κ3) is 4.67. The lowest BCUT2D eigenvalue weighted by Crippen LogP contribution is -2.51. The molecule has 4 nitrogen and oxygen atoms in total. The van der Waals surface area contributed by atoms with Gasteiger partial charge in [0.05, 0.1) is 0 Å². The van der Waals surface area contributed by atoms with E-state index in [1.54, 1.807) is 0 Å². The van der Waals surface area contributed by atoms with E-state index in [-0.39, 0.29) is 18.4 Å². The average Bonchev–Trinajstić information content (AvgIpc) is 2.63. The standard InChI is InChI=1S/C20H25N3O.ClH/c1-16-7-6-10-19(17(16)2)22-11-13-23(14-12-22)20(24)21-15-18-8-4-3-5-9-18;/h3-10H,11-15H2,1-2H3,(H,21,24);1H. The van der Waals surface area contributed by atoms with E-state index in [0.717, 1.165) is 31.7 Å². The van der Waals surface area contributed by atoms with Crippen LogP contribution in [-0.2, 0) is 6.54 Å². The minimum absolute atomic E-state index is 0. The van der Waals surface area contributed by atoms with Gasteiger partial charge < -0.3 is 15.1 Å². The quantitative estimate of drug-likeness (QED) is 0.905. The van der Waals surface area contributed by atoms with Crippen molar-refractivity contribution in [2.75, 3.05) is 31.1 Å². The maximum absolute atomic E-state index is 12.3. The first-order valence-corrected chi connectivity index (χ1v) is 8.53. The van der Waals surface area contributed by atoms with Crippen LogP contribution in [0.3, 0.4) is 0 Å². The molecular weight excluding hydrogens is 334 g/mol. The number of amides is 2. The summed E-state index contributed by atoms with van der Waals surface area (Å²) in [6.45, 7) is 8.17. The van der Waals surface area contributed by atoms with Crippen LogP contribution in [0.25, 0.3) is 0 Å². The molecule has 1 heterocycles. The SMILES string of the molecule is Cc1cccc(N2CCN(C(=O)NCc3ccccc3)CC2)c1C.Cl. The van der Waals surface area contributed by atoms with Crippen molar-refractivity contribution in [2.45, 2.75) is 20.4 Å². The maximum atomic E-state index is 12.3. The smallest absolute Gasteiger partial charge is 0.317 e. The van der Waals surface area contributed by atoms with Gasteiger partial charge in [0.15, 0.2) is 0 Å². The molecule has 0 bridgehead atoms. The van der Waals surface area contributed by atoms with E-state index in [1.807, 2.05) is 35.2 Å². The van der Waals surface area contributed by atoms with Crippen molar-refractivity contribution >= 4 is 24.1 Å². The van der Waals surface area contributed by atoms with E-state index in [0.29, 0.717) is 6.54 Å². The van der Waals surface area contributed by atoms with Gasteiger partial charge in [-0.2, -0.15) is 0 Å². The van der Waals surface area contributed by atoms with Crippen LogP contribution < -0.4 is 10.2 Å². The highest BCUT2D eigenvalue weighted by Crippen LogP contribution is 2.23. The fourth-order valence-corrected chi connectivity index (χ4v) is 3.11. The molecule has 1 aliphatic heterocycles. The van der Waals surface area contributed by atoms with Crippen LogP contribution in [-0.4, -0.2) is 37.1 Å². The minimum atomic E-state index is 0. The highest BCUT2D eigenvalue weighted by molar-refractivity contribution is 5.85. The number of anilines is 1. The second-order valence-electron chi connectivity index (χ2n) is 6.34. The monoisotopic (exact) mass is 359 g/mol. The van der Waals surface area contributed by atoms with Gasteiger partial charge in [-0.05, 0) is 36.6 Å². The van der Waals surface area contributed by atoms with E-state index in [9.17, 15) is 4.79 Å². The number of carbonyl (C=O) groups excluding carboxylic acids is 1. The summed E-state index contributed by atoms with van der Waals surface area (Å²) in [5, 5.41) is 3.01. The van der Waals surface area contributed by atoms with E-state index in [2.05, 4.69) is 42.3 Å². The fraction of sp³-hybridized carbons (Fsp3) is 0.350. The van der Waals surface area contributed by atoms with Gasteiger partial charge in [0.25, 0.3) is 0 Å². The molecule has 0 atom stereocenters. The molecule has 2 amide bonds. The summed E-state index contributed by atoms with van der Waals surface area (Å²) in [6.07, 6.45) is 0. The molecule has 3 rings (SSSR count). The number of halogens is 1. The first kappa shape index (κ1) is 19.1. The summed E-state index contributed by atoms with van der Waals surface area (Å²) < 4.78 is 0. The number of hydrogen-bond acceptors (Lipinski definition) is 2. The molecular formula is C20H26ClN3O. The number of urea groups is 1. The average molecular weight is 360 g/mol. The van der Waals surface area contributed by atoms with Crippen molar-refractivity contribution in [3.8, 4) is 0 Å². The van der Waals surface area contributed by atoms with Crippen molar-refractivity contribution in [3.63, 3.8) is 0 Å². The number of aryl methyl sites for hydroxylation is 1. The predicted molar refractivity (Wildman–Crippen MR) is 106 cm³/mol. The minimum Gasteiger partial charge on any atom is -0.368 e. The molecule has 25 heavy (non-hydrogen) atoms. The van der Waals surface area contributed by atoms with Crippen molar-refractivity contribution in [1.82, 2.24) is 10.2 Å². The largest absolute Gasteiger partial charge is 0.368 e. The Labute approximate surface area is 156 Å². The summed E-state index contributed by atoms with van der Waals surface area (Å²) >= 11 is 0. The third-order valence-electron chi connectivity index (χ3n) is 4.77. The van der Waals surface area contributed by atoms with E-state index < -0.39 is 0 Å². The summed E-state index contributed by atoms with van der Waals surface area (Å²) in [6, 6.07) is 16.5. The molecule has 0 aromatic heterocycles. The summed E-state index contributed by atoms with van der Waals surface area (Å²) in [5.41, 5.74) is 5.06. The highest BCUT2D eigenvalue weighted by atomic mass is 35.5. The Hall–Kier alpha value is -2.20. The normalized spacial score (nSPS) is 14.0. The van der Waals surface area contributed by atoms with Crippen LogP contribution in [0.5, 0.6) is 0 Å². The molecule has 2 aromatic carbocycles. The van der Waals surface area contributed by atoms with Gasteiger partial charge in [-0.15, -0.1) is 12.4 Å². The Balaban J connectivity index is 0.00000225. The Morgan fingerprint density at radius 1 is 0.960 bits per heavy atom. The van der Waals surface area contributed by atoms with Crippen LogP contribution in [0, 0.1) is 13.8 Å². The van der Waals surface area contributed by atoms with Crippen molar-refractivity contribution in [3.05, 3.63) is 65.2 Å². The maximum Gasteiger partial charge on any atom is 0.317 e. The molecule has 1 N–H and O–H groups in total. The van der Waals surface area contributed by atoms with Crippen LogP contribution in [0.2, 0.25) is 0 Å². The van der Waals surface area contributed by atoms with Crippen LogP contribution >= 0.6 is 12.4 Å². The molecule has 0 spiro atoms. The summed E-state index contributed by atoms with van der Waals surface area (Å²) in [7, 11) is 0. The Morgan fingerprint density at radius 2 is 1.64 bits per heavy atom. The van der Waals surface area contributed by atoms with Gasteiger partial charge in [-0.1, -0.05) is 42.5 Å². The number of rotatable bonds is 3. The molecule has 0 saturated carbocycles. The van der Waals surface area contributed by atoms with Crippen molar-refractivity contribution < 1.29 is 4.79 Å². The molecule has 2 aromatic rings. The van der Waals surface area contributed by atoms with Gasteiger partial charge >= 0.3 is 6.03 Å². The zero-order valence-corrected chi connectivity index (χ0v) is 15.7. The second kappa shape index (κ2) is 8.77. The molecule has 0 unspecified atom stereocenters. The number of piperazine rings is 1. The van der Waals surface area contributed by atoms with Crippen molar-refractivity contribution in [2.24, 2.45) is 0 Å². The van der Waals surface area contributed by atoms with E-state index >= 15 is 0 Å². The molecule has 0 radical (unpaired) electrons. The first-order chi connectivity index (χ1) is 11.6. The number of carbonyl (C=O) groups is 1. The topological polar surface area (TPSA) is 35.6 Å². The van der Waals surface area contributed by atoms with Gasteiger partial charge in [0.2, 0.25) is 0 Å². The predicted octanol–water partition coefficient (Wildman–Crippen LogP) is 3.76. The van der Waals surface area contributed by atoms with Crippen LogP contribution in [0.15, 0.2) is 48.5 Å².